The molecule has 2 aliphatic rings. The molecule has 1 atom stereocenters. The Hall–Kier alpha value is -2.24. The molecule has 0 N–H and O–H groups in total. The molecule has 27 heavy (non-hydrogen) atoms. The number of benzene rings is 1. The third-order valence-electron chi connectivity index (χ3n) is 5.79. The Kier molecular flexibility index (Phi) is 6.58. The molecule has 1 aromatic rings. The molecule has 2 amide bonds. The summed E-state index contributed by atoms with van der Waals surface area (Å²) in [5, 5.41) is 0. The monoisotopic (exact) mass is 373 g/mol. The first-order valence-corrected chi connectivity index (χ1v) is 10.1. The first kappa shape index (κ1) is 19.5. The average Bonchev–Trinajstić information content (AvgIpc) is 2.73. The van der Waals surface area contributed by atoms with Crippen LogP contribution in [0.5, 0.6) is 5.75 Å². The molecule has 6 nitrogen and oxygen atoms in total. The van der Waals surface area contributed by atoms with E-state index in [4.69, 9.17) is 4.74 Å². The van der Waals surface area contributed by atoms with Gasteiger partial charge in [-0.25, -0.2) is 0 Å². The predicted molar refractivity (Wildman–Crippen MR) is 106 cm³/mol. The Morgan fingerprint density at radius 2 is 1.70 bits per heavy atom. The van der Waals surface area contributed by atoms with Gasteiger partial charge in [0.2, 0.25) is 11.8 Å². The molecule has 2 saturated heterocycles. The molecule has 0 saturated carbocycles. The van der Waals surface area contributed by atoms with Gasteiger partial charge >= 0.3 is 0 Å². The molecule has 2 heterocycles. The van der Waals surface area contributed by atoms with Gasteiger partial charge in [0.05, 0.1) is 7.11 Å². The molecular weight excluding hydrogens is 342 g/mol. The number of piperidine rings is 1. The Morgan fingerprint density at radius 1 is 1.00 bits per heavy atom. The Balaban J connectivity index is 1.49. The number of amides is 2. The van der Waals surface area contributed by atoms with Gasteiger partial charge in [0.1, 0.15) is 12.2 Å². The molecule has 2 aliphatic heterocycles. The summed E-state index contributed by atoms with van der Waals surface area (Å²) in [6, 6.07) is 8.30. The van der Waals surface area contributed by atoms with Crippen molar-refractivity contribution in [3.8, 4) is 5.75 Å². The van der Waals surface area contributed by atoms with Crippen molar-refractivity contribution in [2.24, 2.45) is 0 Å². The lowest BCUT2D eigenvalue weighted by Gasteiger charge is -2.38. The van der Waals surface area contributed by atoms with Crippen molar-refractivity contribution in [2.45, 2.75) is 45.1 Å². The number of hydrogen-bond donors (Lipinski definition) is 0. The molecule has 0 bridgehead atoms. The van der Waals surface area contributed by atoms with E-state index in [0.29, 0.717) is 19.1 Å². The molecule has 6 heteroatoms. The van der Waals surface area contributed by atoms with Crippen molar-refractivity contribution in [1.82, 2.24) is 9.80 Å². The number of anilines is 1. The second-order valence-corrected chi connectivity index (χ2v) is 7.39. The fraction of sp³-hybridized carbons (Fsp3) is 0.619. The highest BCUT2D eigenvalue weighted by atomic mass is 16.5. The van der Waals surface area contributed by atoms with Gasteiger partial charge < -0.3 is 19.4 Å². The van der Waals surface area contributed by atoms with Crippen LogP contribution < -0.4 is 9.64 Å². The minimum atomic E-state index is -0.0326. The maximum atomic E-state index is 12.6. The minimum Gasteiger partial charge on any atom is -0.497 e. The predicted octanol–water partition coefficient (Wildman–Crippen LogP) is 2.53. The van der Waals surface area contributed by atoms with Crippen LogP contribution in [0.1, 0.15) is 39.0 Å². The molecule has 0 aromatic heterocycles. The quantitative estimate of drug-likeness (QED) is 0.745. The van der Waals surface area contributed by atoms with Crippen molar-refractivity contribution < 1.29 is 14.3 Å². The van der Waals surface area contributed by atoms with Crippen LogP contribution in [-0.2, 0) is 9.59 Å². The number of carbonyl (C=O) groups is 2. The van der Waals surface area contributed by atoms with Crippen molar-refractivity contribution in [3.05, 3.63) is 24.3 Å². The number of methoxy groups -OCH3 is 1. The maximum absolute atomic E-state index is 12.6. The summed E-state index contributed by atoms with van der Waals surface area (Å²) in [5.41, 5.74) is 1.14. The van der Waals surface area contributed by atoms with E-state index in [-0.39, 0.29) is 18.2 Å². The highest BCUT2D eigenvalue weighted by Crippen LogP contribution is 2.22. The molecule has 148 valence electrons. The zero-order chi connectivity index (χ0) is 19.2. The number of hydrogen-bond acceptors (Lipinski definition) is 4. The first-order chi connectivity index (χ1) is 13.1. The number of rotatable bonds is 5. The smallest absolute Gasteiger partial charge is 0.232 e. The summed E-state index contributed by atoms with van der Waals surface area (Å²) in [5.74, 6) is 0.813. The van der Waals surface area contributed by atoms with Gasteiger partial charge in [-0.2, -0.15) is 0 Å². The van der Waals surface area contributed by atoms with Gasteiger partial charge in [-0.3, -0.25) is 9.59 Å². The van der Waals surface area contributed by atoms with Crippen molar-refractivity contribution in [3.63, 3.8) is 0 Å². The van der Waals surface area contributed by atoms with Crippen LogP contribution in [0.15, 0.2) is 24.3 Å². The highest BCUT2D eigenvalue weighted by Gasteiger charge is 2.29. The molecule has 1 aromatic carbocycles. The second-order valence-electron chi connectivity index (χ2n) is 7.39. The lowest BCUT2D eigenvalue weighted by Crippen LogP contribution is -2.50. The van der Waals surface area contributed by atoms with E-state index in [1.807, 2.05) is 34.1 Å². The van der Waals surface area contributed by atoms with Crippen LogP contribution in [0, 0.1) is 0 Å². The molecular formula is C21H31N3O3. The molecule has 0 radical (unpaired) electrons. The van der Waals surface area contributed by atoms with Gasteiger partial charge in [0.15, 0.2) is 0 Å². The van der Waals surface area contributed by atoms with E-state index in [2.05, 4.69) is 11.8 Å². The van der Waals surface area contributed by atoms with Gasteiger partial charge in [-0.05, 0) is 49.9 Å². The van der Waals surface area contributed by atoms with Crippen LogP contribution in [0.25, 0.3) is 0 Å². The topological polar surface area (TPSA) is 53.1 Å². The fourth-order valence-electron chi connectivity index (χ4n) is 4.10. The zero-order valence-corrected chi connectivity index (χ0v) is 16.5. The first-order valence-electron chi connectivity index (χ1n) is 10.1. The highest BCUT2D eigenvalue weighted by molar-refractivity contribution is 5.97. The Bertz CT molecular complexity index is 639. The lowest BCUT2D eigenvalue weighted by atomic mass is 9.99. The molecule has 1 unspecified atom stereocenters. The Morgan fingerprint density at radius 3 is 2.33 bits per heavy atom. The number of nitrogens with zero attached hydrogens (tertiary/aromatic N) is 3. The number of likely N-dealkylation sites (tertiary alicyclic amines) is 1. The van der Waals surface area contributed by atoms with Crippen molar-refractivity contribution >= 4 is 17.5 Å². The summed E-state index contributed by atoms with van der Waals surface area (Å²) in [4.78, 5) is 31.3. The van der Waals surface area contributed by atoms with Gasteiger partial charge in [-0.1, -0.05) is 6.92 Å². The van der Waals surface area contributed by atoms with Gasteiger partial charge in [-0.15, -0.1) is 0 Å². The number of ether oxygens (including phenoxy) is 1. The normalized spacial score (nSPS) is 20.5. The van der Waals surface area contributed by atoms with E-state index >= 15 is 0 Å². The molecule has 0 aliphatic carbocycles. The van der Waals surface area contributed by atoms with E-state index in [0.717, 1.165) is 50.3 Å². The van der Waals surface area contributed by atoms with E-state index in [1.165, 1.54) is 6.42 Å². The summed E-state index contributed by atoms with van der Waals surface area (Å²) in [6.07, 6.45) is 4.29. The summed E-state index contributed by atoms with van der Waals surface area (Å²) in [7, 11) is 1.66. The summed E-state index contributed by atoms with van der Waals surface area (Å²) >= 11 is 0. The summed E-state index contributed by atoms with van der Waals surface area (Å²) < 4.78 is 5.20. The van der Waals surface area contributed by atoms with E-state index in [9.17, 15) is 9.59 Å². The maximum Gasteiger partial charge on any atom is 0.232 e. The molecule has 0 spiro atoms. The second kappa shape index (κ2) is 9.11. The van der Waals surface area contributed by atoms with Crippen molar-refractivity contribution in [1.29, 1.82) is 0 Å². The molecule has 3 rings (SSSR count). The molecule has 2 fully saturated rings. The third-order valence-corrected chi connectivity index (χ3v) is 5.79. The standard InChI is InChI=1S/C21H31N3O3/c1-3-17-6-4-5-11-24(17)21(26)16-20(25)23-14-12-22(13-15-23)18-7-9-19(27-2)10-8-18/h7-10,17H,3-6,11-16H2,1-2H3. The van der Waals surface area contributed by atoms with Crippen LogP contribution in [0.3, 0.4) is 0 Å². The largest absolute Gasteiger partial charge is 0.497 e. The zero-order valence-electron chi connectivity index (χ0n) is 16.5. The Labute approximate surface area is 162 Å². The number of carbonyl (C=O) groups excluding carboxylic acids is 2. The van der Waals surface area contributed by atoms with Gasteiger partial charge in [0.25, 0.3) is 0 Å². The van der Waals surface area contributed by atoms with E-state index < -0.39 is 0 Å². The third kappa shape index (κ3) is 4.73. The van der Waals surface area contributed by atoms with E-state index in [1.54, 1.807) is 7.11 Å². The average molecular weight is 373 g/mol. The van der Waals surface area contributed by atoms with Crippen LogP contribution in [0.2, 0.25) is 0 Å². The van der Waals surface area contributed by atoms with Crippen LogP contribution in [-0.4, -0.2) is 67.5 Å². The minimum absolute atomic E-state index is 0.00383. The van der Waals surface area contributed by atoms with Crippen LogP contribution >= 0.6 is 0 Å². The van der Waals surface area contributed by atoms with Gasteiger partial charge in [0, 0.05) is 44.5 Å². The van der Waals surface area contributed by atoms with Crippen LogP contribution in [0.4, 0.5) is 5.69 Å². The lowest BCUT2D eigenvalue weighted by molar-refractivity contribution is -0.143. The fourth-order valence-corrected chi connectivity index (χ4v) is 4.10. The van der Waals surface area contributed by atoms with Crippen molar-refractivity contribution in [2.75, 3.05) is 44.7 Å². The SMILES string of the molecule is CCC1CCCCN1C(=O)CC(=O)N1CCN(c2ccc(OC)cc2)CC1. The number of piperazine rings is 1. The summed E-state index contributed by atoms with van der Waals surface area (Å²) in [6.45, 7) is 5.82.